The molecule has 1 aliphatic rings. The fourth-order valence-corrected chi connectivity index (χ4v) is 3.21. The number of rotatable bonds is 5. The second kappa shape index (κ2) is 6.35. The third kappa shape index (κ3) is 6.16. The molecule has 0 radical (unpaired) electrons. The van der Waals surface area contributed by atoms with Crippen molar-refractivity contribution in [3.63, 3.8) is 0 Å². The van der Waals surface area contributed by atoms with Crippen LogP contribution in [0.3, 0.4) is 0 Å². The van der Waals surface area contributed by atoms with Crippen molar-refractivity contribution in [3.05, 3.63) is 0 Å². The van der Waals surface area contributed by atoms with Gasteiger partial charge in [0.05, 0.1) is 6.26 Å². The molecule has 0 aliphatic carbocycles. The van der Waals surface area contributed by atoms with Gasteiger partial charge < -0.3 is 5.32 Å². The lowest BCUT2D eigenvalue weighted by molar-refractivity contribution is 0.257. The summed E-state index contributed by atoms with van der Waals surface area (Å²) in [6, 6.07) is 0. The number of hydrogen-bond acceptors (Lipinski definition) is 3. The summed E-state index contributed by atoms with van der Waals surface area (Å²) >= 11 is 0. The van der Waals surface area contributed by atoms with Crippen LogP contribution < -0.4 is 5.32 Å². The SMILES string of the molecule is CC(C)(C)CCNCC1CCCN(S(C)(=O)=O)C1. The van der Waals surface area contributed by atoms with E-state index in [4.69, 9.17) is 0 Å². The fourth-order valence-electron chi connectivity index (χ4n) is 2.26. The molecule has 1 atom stereocenters. The van der Waals surface area contributed by atoms with Crippen molar-refractivity contribution < 1.29 is 8.42 Å². The minimum atomic E-state index is -3.01. The molecule has 4 nitrogen and oxygen atoms in total. The smallest absolute Gasteiger partial charge is 0.211 e. The van der Waals surface area contributed by atoms with Crippen LogP contribution in [0.1, 0.15) is 40.0 Å². The van der Waals surface area contributed by atoms with Crippen LogP contribution in [-0.2, 0) is 10.0 Å². The molecular weight excluding hydrogens is 248 g/mol. The Morgan fingerprint density at radius 2 is 2.00 bits per heavy atom. The Bertz CT molecular complexity index is 346. The highest BCUT2D eigenvalue weighted by Gasteiger charge is 2.25. The minimum absolute atomic E-state index is 0.359. The van der Waals surface area contributed by atoms with Crippen LogP contribution in [0.5, 0.6) is 0 Å². The van der Waals surface area contributed by atoms with Gasteiger partial charge in [0.25, 0.3) is 0 Å². The van der Waals surface area contributed by atoms with Crippen molar-refractivity contribution in [2.45, 2.75) is 40.0 Å². The molecule has 0 aromatic rings. The quantitative estimate of drug-likeness (QED) is 0.777. The van der Waals surface area contributed by atoms with Crippen LogP contribution in [0.2, 0.25) is 0 Å². The summed E-state index contributed by atoms with van der Waals surface area (Å²) in [6.45, 7) is 10.0. The molecule has 1 rings (SSSR count). The van der Waals surface area contributed by atoms with Crippen molar-refractivity contribution in [1.82, 2.24) is 9.62 Å². The average Bonchev–Trinajstić information content (AvgIpc) is 2.22. The third-order valence-corrected chi connectivity index (χ3v) is 4.71. The van der Waals surface area contributed by atoms with Gasteiger partial charge in [0.1, 0.15) is 0 Å². The van der Waals surface area contributed by atoms with Crippen LogP contribution >= 0.6 is 0 Å². The van der Waals surface area contributed by atoms with E-state index in [0.717, 1.165) is 32.4 Å². The second-order valence-electron chi connectivity index (χ2n) is 6.64. The number of nitrogens with one attached hydrogen (secondary N) is 1. The van der Waals surface area contributed by atoms with E-state index >= 15 is 0 Å². The van der Waals surface area contributed by atoms with E-state index in [-0.39, 0.29) is 0 Å². The average molecular weight is 276 g/mol. The van der Waals surface area contributed by atoms with E-state index in [1.54, 1.807) is 4.31 Å². The summed E-state index contributed by atoms with van der Waals surface area (Å²) < 4.78 is 24.6. The molecular formula is C13H28N2O2S. The lowest BCUT2D eigenvalue weighted by atomic mass is 9.92. The van der Waals surface area contributed by atoms with Gasteiger partial charge in [-0.05, 0) is 43.7 Å². The number of sulfonamides is 1. The zero-order chi connectivity index (χ0) is 13.8. The first kappa shape index (κ1) is 15.9. The molecule has 108 valence electrons. The first-order chi connectivity index (χ1) is 8.18. The molecule has 1 fully saturated rings. The maximum Gasteiger partial charge on any atom is 0.211 e. The van der Waals surface area contributed by atoms with Crippen LogP contribution in [0, 0.1) is 11.3 Å². The monoisotopic (exact) mass is 276 g/mol. The summed E-state index contributed by atoms with van der Waals surface area (Å²) in [5.74, 6) is 0.466. The van der Waals surface area contributed by atoms with Crippen molar-refractivity contribution in [1.29, 1.82) is 0 Å². The number of nitrogens with zero attached hydrogens (tertiary/aromatic N) is 1. The molecule has 1 saturated heterocycles. The van der Waals surface area contributed by atoms with Crippen molar-refractivity contribution in [2.75, 3.05) is 32.4 Å². The Kier molecular flexibility index (Phi) is 5.62. The predicted molar refractivity (Wildman–Crippen MR) is 76.1 cm³/mol. The summed E-state index contributed by atoms with van der Waals surface area (Å²) in [4.78, 5) is 0. The van der Waals surface area contributed by atoms with Gasteiger partial charge in [0, 0.05) is 13.1 Å². The zero-order valence-electron chi connectivity index (χ0n) is 12.2. The van der Waals surface area contributed by atoms with Gasteiger partial charge in [0.15, 0.2) is 0 Å². The van der Waals surface area contributed by atoms with Crippen LogP contribution in [0.4, 0.5) is 0 Å². The molecule has 0 bridgehead atoms. The van der Waals surface area contributed by atoms with Gasteiger partial charge in [-0.1, -0.05) is 20.8 Å². The summed E-state index contributed by atoms with van der Waals surface area (Å²) in [7, 11) is -3.01. The molecule has 1 aliphatic heterocycles. The lowest BCUT2D eigenvalue weighted by Crippen LogP contribution is -2.42. The standard InChI is InChI=1S/C13H28N2O2S/c1-13(2,3)7-8-14-10-12-6-5-9-15(11-12)18(4,16)17/h12,14H,5-11H2,1-4H3. The van der Waals surface area contributed by atoms with Gasteiger partial charge in [-0.3, -0.25) is 0 Å². The first-order valence-corrected chi connectivity index (χ1v) is 8.69. The number of piperidine rings is 1. The van der Waals surface area contributed by atoms with Crippen molar-refractivity contribution >= 4 is 10.0 Å². The van der Waals surface area contributed by atoms with Crippen LogP contribution in [0.15, 0.2) is 0 Å². The highest BCUT2D eigenvalue weighted by atomic mass is 32.2. The van der Waals surface area contributed by atoms with E-state index in [2.05, 4.69) is 26.1 Å². The highest BCUT2D eigenvalue weighted by molar-refractivity contribution is 7.88. The Labute approximate surface area is 112 Å². The molecule has 1 heterocycles. The molecule has 1 unspecified atom stereocenters. The molecule has 0 aromatic heterocycles. The Morgan fingerprint density at radius 3 is 2.56 bits per heavy atom. The molecule has 1 N–H and O–H groups in total. The minimum Gasteiger partial charge on any atom is -0.316 e. The molecule has 5 heteroatoms. The maximum absolute atomic E-state index is 11.5. The molecule has 0 amide bonds. The zero-order valence-corrected chi connectivity index (χ0v) is 13.0. The Morgan fingerprint density at radius 1 is 1.33 bits per heavy atom. The largest absolute Gasteiger partial charge is 0.316 e. The highest BCUT2D eigenvalue weighted by Crippen LogP contribution is 2.19. The Balaban J connectivity index is 2.27. The topological polar surface area (TPSA) is 49.4 Å². The normalized spacial score (nSPS) is 23.2. The molecule has 0 spiro atoms. The maximum atomic E-state index is 11.5. The van der Waals surface area contributed by atoms with Crippen molar-refractivity contribution in [3.8, 4) is 0 Å². The summed E-state index contributed by atoms with van der Waals surface area (Å²) in [5, 5.41) is 3.46. The predicted octanol–water partition coefficient (Wildman–Crippen LogP) is 1.68. The van der Waals surface area contributed by atoms with E-state index in [1.807, 2.05) is 0 Å². The van der Waals surface area contributed by atoms with Gasteiger partial charge >= 0.3 is 0 Å². The molecule has 18 heavy (non-hydrogen) atoms. The van der Waals surface area contributed by atoms with E-state index in [0.29, 0.717) is 24.4 Å². The fraction of sp³-hybridized carbons (Fsp3) is 1.00. The van der Waals surface area contributed by atoms with Crippen LogP contribution in [-0.4, -0.2) is 45.2 Å². The van der Waals surface area contributed by atoms with E-state index in [9.17, 15) is 8.42 Å². The van der Waals surface area contributed by atoms with Gasteiger partial charge in [-0.25, -0.2) is 12.7 Å². The third-order valence-electron chi connectivity index (χ3n) is 3.44. The molecule has 0 aromatic carbocycles. The number of hydrogen-bond donors (Lipinski definition) is 1. The summed E-state index contributed by atoms with van der Waals surface area (Å²) in [5.41, 5.74) is 0.359. The van der Waals surface area contributed by atoms with Crippen LogP contribution in [0.25, 0.3) is 0 Å². The summed E-state index contributed by atoms with van der Waals surface area (Å²) in [6.07, 6.45) is 4.57. The van der Waals surface area contributed by atoms with E-state index < -0.39 is 10.0 Å². The lowest BCUT2D eigenvalue weighted by Gasteiger charge is -2.31. The van der Waals surface area contributed by atoms with Gasteiger partial charge in [0.2, 0.25) is 10.0 Å². The molecule has 0 saturated carbocycles. The van der Waals surface area contributed by atoms with Gasteiger partial charge in [-0.2, -0.15) is 0 Å². The van der Waals surface area contributed by atoms with E-state index in [1.165, 1.54) is 6.26 Å². The first-order valence-electron chi connectivity index (χ1n) is 6.84. The van der Waals surface area contributed by atoms with Crippen molar-refractivity contribution in [2.24, 2.45) is 11.3 Å². The Hall–Kier alpha value is -0.130. The van der Waals surface area contributed by atoms with Gasteiger partial charge in [-0.15, -0.1) is 0 Å². The second-order valence-corrected chi connectivity index (χ2v) is 8.63.